The molecule has 0 aromatic heterocycles. The molecule has 2 N–H and O–H groups in total. The van der Waals surface area contributed by atoms with Crippen LogP contribution in [0.4, 0.5) is 4.39 Å². The van der Waals surface area contributed by atoms with Crippen LogP contribution in [0.1, 0.15) is 35.2 Å². The summed E-state index contributed by atoms with van der Waals surface area (Å²) in [5, 5.41) is 5.62. The molecule has 2 aromatic rings. The van der Waals surface area contributed by atoms with Gasteiger partial charge in [0.05, 0.1) is 0 Å². The van der Waals surface area contributed by atoms with Crippen LogP contribution in [0, 0.1) is 5.82 Å². The van der Waals surface area contributed by atoms with Crippen molar-refractivity contribution in [2.45, 2.75) is 37.8 Å². The predicted molar refractivity (Wildman–Crippen MR) is 111 cm³/mol. The van der Waals surface area contributed by atoms with Crippen LogP contribution in [0.5, 0.6) is 0 Å². The highest BCUT2D eigenvalue weighted by molar-refractivity contribution is 5.98. The Bertz CT molecular complexity index is 886. The van der Waals surface area contributed by atoms with Crippen molar-refractivity contribution in [1.29, 1.82) is 0 Å². The monoisotopic (exact) mass is 411 g/mol. The Morgan fingerprint density at radius 3 is 2.53 bits per heavy atom. The van der Waals surface area contributed by atoms with Gasteiger partial charge < -0.3 is 15.5 Å². The maximum absolute atomic E-state index is 13.2. The van der Waals surface area contributed by atoms with Crippen molar-refractivity contribution < 1.29 is 18.8 Å². The molecule has 30 heavy (non-hydrogen) atoms. The maximum Gasteiger partial charge on any atom is 0.254 e. The summed E-state index contributed by atoms with van der Waals surface area (Å²) in [6.45, 7) is 0.599. The second kappa shape index (κ2) is 10.0. The van der Waals surface area contributed by atoms with Gasteiger partial charge in [-0.05, 0) is 49.1 Å². The number of hydrogen-bond donors (Lipinski definition) is 2. The molecule has 1 saturated heterocycles. The van der Waals surface area contributed by atoms with E-state index in [1.54, 1.807) is 7.05 Å². The number of carbonyl (C=O) groups is 3. The van der Waals surface area contributed by atoms with E-state index in [1.807, 2.05) is 30.3 Å². The number of rotatable bonds is 6. The number of benzene rings is 2. The Labute approximate surface area is 175 Å². The quantitative estimate of drug-likeness (QED) is 0.766. The standard InChI is InChI=1S/C23H26FN3O3/c1-27(23(30)17-10-12-18(24)13-11-17)20(15-16-7-3-2-4-8-16)22(29)26-19-9-5-6-14-25-21(19)28/h2-4,7-8,10-13,19-20H,5-6,9,14-15H2,1H3,(H,25,28)(H,26,29)/t19-,20-/m0/s1. The zero-order valence-corrected chi connectivity index (χ0v) is 16.9. The summed E-state index contributed by atoms with van der Waals surface area (Å²) in [5.74, 6) is -1.42. The SMILES string of the molecule is CN(C(=O)c1ccc(F)cc1)[C@@H](Cc1ccccc1)C(=O)N[C@H]1CCCCNC1=O. The highest BCUT2D eigenvalue weighted by Gasteiger charge is 2.31. The van der Waals surface area contributed by atoms with Crippen molar-refractivity contribution in [2.75, 3.05) is 13.6 Å². The Morgan fingerprint density at radius 2 is 1.83 bits per heavy atom. The summed E-state index contributed by atoms with van der Waals surface area (Å²) < 4.78 is 13.2. The zero-order chi connectivity index (χ0) is 21.5. The first kappa shape index (κ1) is 21.5. The van der Waals surface area contributed by atoms with Crippen molar-refractivity contribution in [3.05, 3.63) is 71.5 Å². The van der Waals surface area contributed by atoms with Crippen molar-refractivity contribution >= 4 is 17.7 Å². The van der Waals surface area contributed by atoms with E-state index in [-0.39, 0.29) is 17.4 Å². The molecule has 7 heteroatoms. The summed E-state index contributed by atoms with van der Waals surface area (Å²) in [6, 6.07) is 13.1. The van der Waals surface area contributed by atoms with Gasteiger partial charge in [-0.25, -0.2) is 4.39 Å². The van der Waals surface area contributed by atoms with Gasteiger partial charge in [0.25, 0.3) is 5.91 Å². The first-order chi connectivity index (χ1) is 14.5. The summed E-state index contributed by atoms with van der Waals surface area (Å²) in [4.78, 5) is 39.7. The van der Waals surface area contributed by atoms with Crippen LogP contribution in [0.15, 0.2) is 54.6 Å². The van der Waals surface area contributed by atoms with Gasteiger partial charge in [0.1, 0.15) is 17.9 Å². The van der Waals surface area contributed by atoms with Gasteiger partial charge >= 0.3 is 0 Å². The van der Waals surface area contributed by atoms with E-state index in [2.05, 4.69) is 10.6 Å². The molecule has 3 amide bonds. The Morgan fingerprint density at radius 1 is 1.13 bits per heavy atom. The number of amides is 3. The minimum absolute atomic E-state index is 0.202. The molecule has 1 aliphatic rings. The van der Waals surface area contributed by atoms with E-state index < -0.39 is 23.8 Å². The Hall–Kier alpha value is -3.22. The molecule has 6 nitrogen and oxygen atoms in total. The smallest absolute Gasteiger partial charge is 0.254 e. The number of halogens is 1. The molecule has 1 aliphatic heterocycles. The molecule has 0 aliphatic carbocycles. The lowest BCUT2D eigenvalue weighted by molar-refractivity contribution is -0.131. The predicted octanol–water partition coefficient (Wildman–Crippen LogP) is 2.29. The molecule has 0 radical (unpaired) electrons. The number of carbonyl (C=O) groups excluding carboxylic acids is 3. The summed E-state index contributed by atoms with van der Waals surface area (Å²) >= 11 is 0. The van der Waals surface area contributed by atoms with Gasteiger partial charge in [0, 0.05) is 25.6 Å². The number of nitrogens with one attached hydrogen (secondary N) is 2. The fourth-order valence-electron chi connectivity index (χ4n) is 3.53. The van der Waals surface area contributed by atoms with Gasteiger partial charge in [0.15, 0.2) is 0 Å². The van der Waals surface area contributed by atoms with E-state index in [0.29, 0.717) is 19.4 Å². The lowest BCUT2D eigenvalue weighted by Crippen LogP contribution is -2.54. The third-order valence-electron chi connectivity index (χ3n) is 5.31. The van der Waals surface area contributed by atoms with Crippen molar-refractivity contribution in [1.82, 2.24) is 15.5 Å². The minimum Gasteiger partial charge on any atom is -0.354 e. The van der Waals surface area contributed by atoms with Crippen LogP contribution < -0.4 is 10.6 Å². The molecule has 0 unspecified atom stereocenters. The van der Waals surface area contributed by atoms with Crippen LogP contribution in [0.25, 0.3) is 0 Å². The summed E-state index contributed by atoms with van der Waals surface area (Å²) in [5.41, 5.74) is 1.18. The second-order valence-corrected chi connectivity index (χ2v) is 7.48. The first-order valence-electron chi connectivity index (χ1n) is 10.1. The van der Waals surface area contributed by atoms with Crippen LogP contribution in [-0.4, -0.2) is 48.3 Å². The molecule has 2 atom stereocenters. The average Bonchev–Trinajstić information content (AvgIpc) is 2.96. The molecule has 0 bridgehead atoms. The van der Waals surface area contributed by atoms with Gasteiger partial charge in [-0.2, -0.15) is 0 Å². The summed E-state index contributed by atoms with van der Waals surface area (Å²) in [6.07, 6.45) is 2.56. The van der Waals surface area contributed by atoms with E-state index in [1.165, 1.54) is 29.2 Å². The molecule has 158 valence electrons. The first-order valence-corrected chi connectivity index (χ1v) is 10.1. The molecule has 1 fully saturated rings. The number of hydrogen-bond acceptors (Lipinski definition) is 3. The fraction of sp³-hybridized carbons (Fsp3) is 0.348. The highest BCUT2D eigenvalue weighted by atomic mass is 19.1. The minimum atomic E-state index is -0.819. The third-order valence-corrected chi connectivity index (χ3v) is 5.31. The molecule has 3 rings (SSSR count). The average molecular weight is 411 g/mol. The second-order valence-electron chi connectivity index (χ2n) is 7.48. The Balaban J connectivity index is 1.81. The van der Waals surface area contributed by atoms with Crippen molar-refractivity contribution in [2.24, 2.45) is 0 Å². The highest BCUT2D eigenvalue weighted by Crippen LogP contribution is 2.14. The molecule has 0 spiro atoms. The van der Waals surface area contributed by atoms with E-state index in [0.717, 1.165) is 18.4 Å². The van der Waals surface area contributed by atoms with Crippen LogP contribution in [-0.2, 0) is 16.0 Å². The topological polar surface area (TPSA) is 78.5 Å². The Kier molecular flexibility index (Phi) is 7.17. The van der Waals surface area contributed by atoms with Crippen LogP contribution >= 0.6 is 0 Å². The lowest BCUT2D eigenvalue weighted by Gasteiger charge is -2.29. The van der Waals surface area contributed by atoms with Gasteiger partial charge in [-0.1, -0.05) is 30.3 Å². The van der Waals surface area contributed by atoms with E-state index >= 15 is 0 Å². The van der Waals surface area contributed by atoms with Crippen molar-refractivity contribution in [3.8, 4) is 0 Å². The van der Waals surface area contributed by atoms with E-state index in [4.69, 9.17) is 0 Å². The van der Waals surface area contributed by atoms with Crippen LogP contribution in [0.3, 0.4) is 0 Å². The van der Waals surface area contributed by atoms with Crippen molar-refractivity contribution in [3.63, 3.8) is 0 Å². The van der Waals surface area contributed by atoms with Crippen LogP contribution in [0.2, 0.25) is 0 Å². The van der Waals surface area contributed by atoms with E-state index in [9.17, 15) is 18.8 Å². The largest absolute Gasteiger partial charge is 0.354 e. The normalized spacial score (nSPS) is 17.4. The van der Waals surface area contributed by atoms with Gasteiger partial charge in [0.2, 0.25) is 11.8 Å². The molecular weight excluding hydrogens is 385 g/mol. The van der Waals surface area contributed by atoms with Gasteiger partial charge in [-0.3, -0.25) is 14.4 Å². The lowest BCUT2D eigenvalue weighted by atomic mass is 10.0. The maximum atomic E-state index is 13.2. The molecule has 1 heterocycles. The summed E-state index contributed by atoms with van der Waals surface area (Å²) in [7, 11) is 1.55. The number of likely N-dealkylation sites (N-methyl/N-ethyl adjacent to an activating group) is 1. The molecular formula is C23H26FN3O3. The fourth-order valence-corrected chi connectivity index (χ4v) is 3.53. The van der Waals surface area contributed by atoms with Gasteiger partial charge in [-0.15, -0.1) is 0 Å². The zero-order valence-electron chi connectivity index (χ0n) is 16.9. The third kappa shape index (κ3) is 5.43. The molecule has 2 aromatic carbocycles. The number of nitrogens with zero attached hydrogens (tertiary/aromatic N) is 1. The molecule has 0 saturated carbocycles.